The van der Waals surface area contributed by atoms with Crippen molar-refractivity contribution in [3.8, 4) is 0 Å². The van der Waals surface area contributed by atoms with E-state index in [1.165, 1.54) is 16.7 Å². The number of fused-ring (bicyclic) bond motifs is 1. The number of piperazine rings is 1. The average molecular weight is 407 g/mol. The van der Waals surface area contributed by atoms with Gasteiger partial charge in [-0.05, 0) is 30.0 Å². The van der Waals surface area contributed by atoms with Gasteiger partial charge in [-0.15, -0.1) is 0 Å². The zero-order valence-electron chi connectivity index (χ0n) is 17.6. The van der Waals surface area contributed by atoms with E-state index in [0.29, 0.717) is 13.0 Å². The zero-order valence-corrected chi connectivity index (χ0v) is 17.6. The molecule has 1 saturated heterocycles. The molecular weight excluding hydrogens is 376 g/mol. The standard InChI is InChI=1S/C24H30N4O2/c1-18-5-4-6-19(13-18)15-26-9-11-27(12-10-26)23(29)17-28-16-21-8-3-2-7-20(21)14-22(28)24(25)30/h2-8,13,22H,9-12,14-17H2,1H3,(H2,25,30)/t22-/m1/s1. The van der Waals surface area contributed by atoms with E-state index in [-0.39, 0.29) is 18.4 Å². The minimum Gasteiger partial charge on any atom is -0.368 e. The summed E-state index contributed by atoms with van der Waals surface area (Å²) in [6.45, 7) is 7.01. The van der Waals surface area contributed by atoms with Crippen LogP contribution in [0.2, 0.25) is 0 Å². The van der Waals surface area contributed by atoms with Crippen molar-refractivity contribution in [2.75, 3.05) is 32.7 Å². The normalized spacial score (nSPS) is 20.0. The van der Waals surface area contributed by atoms with Crippen LogP contribution in [0.15, 0.2) is 48.5 Å². The Morgan fingerprint density at radius 3 is 2.43 bits per heavy atom. The van der Waals surface area contributed by atoms with Crippen molar-refractivity contribution in [3.05, 3.63) is 70.8 Å². The van der Waals surface area contributed by atoms with Gasteiger partial charge in [0.1, 0.15) is 0 Å². The maximum absolute atomic E-state index is 13.0. The van der Waals surface area contributed by atoms with E-state index in [1.807, 2.05) is 28.0 Å². The highest BCUT2D eigenvalue weighted by Crippen LogP contribution is 2.23. The molecule has 0 unspecified atom stereocenters. The molecule has 2 aromatic carbocycles. The molecule has 0 saturated carbocycles. The summed E-state index contributed by atoms with van der Waals surface area (Å²) in [6.07, 6.45) is 0.572. The van der Waals surface area contributed by atoms with Gasteiger partial charge in [0, 0.05) is 39.3 Å². The molecule has 1 fully saturated rings. The first-order chi connectivity index (χ1) is 14.5. The van der Waals surface area contributed by atoms with E-state index >= 15 is 0 Å². The second kappa shape index (κ2) is 8.98. The van der Waals surface area contributed by atoms with Gasteiger partial charge in [-0.25, -0.2) is 0 Å². The van der Waals surface area contributed by atoms with E-state index in [9.17, 15) is 9.59 Å². The van der Waals surface area contributed by atoms with E-state index in [4.69, 9.17) is 5.73 Å². The van der Waals surface area contributed by atoms with Crippen LogP contribution in [0.5, 0.6) is 0 Å². The fraction of sp³-hybridized carbons (Fsp3) is 0.417. The Balaban J connectivity index is 1.33. The number of nitrogens with two attached hydrogens (primary N) is 1. The fourth-order valence-corrected chi connectivity index (χ4v) is 4.52. The summed E-state index contributed by atoms with van der Waals surface area (Å²) < 4.78 is 0. The van der Waals surface area contributed by atoms with Gasteiger partial charge in [-0.2, -0.15) is 0 Å². The van der Waals surface area contributed by atoms with Crippen molar-refractivity contribution in [3.63, 3.8) is 0 Å². The highest BCUT2D eigenvalue weighted by atomic mass is 16.2. The Labute approximate surface area is 178 Å². The molecule has 2 N–H and O–H groups in total. The number of benzene rings is 2. The highest BCUT2D eigenvalue weighted by molar-refractivity contribution is 5.83. The number of aryl methyl sites for hydroxylation is 1. The minimum absolute atomic E-state index is 0.0795. The number of primary amides is 1. The molecule has 4 rings (SSSR count). The van der Waals surface area contributed by atoms with Crippen molar-refractivity contribution in [1.82, 2.24) is 14.7 Å². The lowest BCUT2D eigenvalue weighted by molar-refractivity contribution is -0.136. The van der Waals surface area contributed by atoms with Crippen LogP contribution in [0.1, 0.15) is 22.3 Å². The van der Waals surface area contributed by atoms with Crippen molar-refractivity contribution < 1.29 is 9.59 Å². The molecule has 0 bridgehead atoms. The highest BCUT2D eigenvalue weighted by Gasteiger charge is 2.32. The maximum atomic E-state index is 13.0. The van der Waals surface area contributed by atoms with Crippen LogP contribution in [0.25, 0.3) is 0 Å². The van der Waals surface area contributed by atoms with Gasteiger partial charge >= 0.3 is 0 Å². The molecule has 30 heavy (non-hydrogen) atoms. The topological polar surface area (TPSA) is 69.9 Å². The molecule has 2 aliphatic heterocycles. The van der Waals surface area contributed by atoms with Crippen LogP contribution in [0, 0.1) is 6.92 Å². The smallest absolute Gasteiger partial charge is 0.236 e. The van der Waals surface area contributed by atoms with Crippen LogP contribution in [-0.2, 0) is 29.1 Å². The van der Waals surface area contributed by atoms with Gasteiger partial charge in [-0.1, -0.05) is 54.1 Å². The van der Waals surface area contributed by atoms with Crippen LogP contribution < -0.4 is 5.73 Å². The molecule has 6 nitrogen and oxygen atoms in total. The van der Waals surface area contributed by atoms with Crippen molar-refractivity contribution in [1.29, 1.82) is 0 Å². The number of rotatable bonds is 5. The quantitative estimate of drug-likeness (QED) is 0.818. The Morgan fingerprint density at radius 1 is 1.00 bits per heavy atom. The van der Waals surface area contributed by atoms with Gasteiger partial charge in [0.05, 0.1) is 12.6 Å². The molecule has 2 aromatic rings. The molecular formula is C24H30N4O2. The Kier molecular flexibility index (Phi) is 6.16. The van der Waals surface area contributed by atoms with Crippen molar-refractivity contribution >= 4 is 11.8 Å². The first-order valence-electron chi connectivity index (χ1n) is 10.7. The number of amides is 2. The zero-order chi connectivity index (χ0) is 21.1. The first-order valence-corrected chi connectivity index (χ1v) is 10.7. The second-order valence-corrected chi connectivity index (χ2v) is 8.44. The summed E-state index contributed by atoms with van der Waals surface area (Å²) in [6, 6.07) is 16.2. The van der Waals surface area contributed by atoms with Crippen LogP contribution >= 0.6 is 0 Å². The predicted molar refractivity (Wildman–Crippen MR) is 117 cm³/mol. The van der Waals surface area contributed by atoms with Gasteiger partial charge in [-0.3, -0.25) is 19.4 Å². The third kappa shape index (κ3) is 4.71. The monoisotopic (exact) mass is 406 g/mol. The maximum Gasteiger partial charge on any atom is 0.236 e. The van der Waals surface area contributed by atoms with Gasteiger partial charge in [0.15, 0.2) is 0 Å². The molecule has 2 heterocycles. The van der Waals surface area contributed by atoms with Crippen molar-refractivity contribution in [2.45, 2.75) is 32.5 Å². The molecule has 0 aliphatic carbocycles. The summed E-state index contributed by atoms with van der Waals surface area (Å²) in [4.78, 5) is 31.2. The Bertz CT molecular complexity index is 921. The molecule has 1 atom stereocenters. The lowest BCUT2D eigenvalue weighted by Crippen LogP contribution is -2.55. The molecule has 0 aromatic heterocycles. The molecule has 6 heteroatoms. The van der Waals surface area contributed by atoms with Crippen LogP contribution in [0.4, 0.5) is 0 Å². The molecule has 0 radical (unpaired) electrons. The first kappa shape index (κ1) is 20.6. The summed E-state index contributed by atoms with van der Waals surface area (Å²) >= 11 is 0. The van der Waals surface area contributed by atoms with E-state index in [2.05, 4.69) is 42.2 Å². The van der Waals surface area contributed by atoms with E-state index in [0.717, 1.165) is 38.3 Å². The van der Waals surface area contributed by atoms with Gasteiger partial charge in [0.2, 0.25) is 11.8 Å². The minimum atomic E-state index is -0.425. The van der Waals surface area contributed by atoms with Crippen molar-refractivity contribution in [2.24, 2.45) is 5.73 Å². The lowest BCUT2D eigenvalue weighted by atomic mass is 9.93. The Morgan fingerprint density at radius 2 is 1.73 bits per heavy atom. The predicted octanol–water partition coefficient (Wildman–Crippen LogP) is 1.55. The summed E-state index contributed by atoms with van der Waals surface area (Å²) in [5.41, 5.74) is 10.6. The van der Waals surface area contributed by atoms with Crippen LogP contribution in [0.3, 0.4) is 0 Å². The van der Waals surface area contributed by atoms with Gasteiger partial charge < -0.3 is 10.6 Å². The fourth-order valence-electron chi connectivity index (χ4n) is 4.52. The number of nitrogens with zero attached hydrogens (tertiary/aromatic N) is 3. The SMILES string of the molecule is Cc1cccc(CN2CCN(C(=O)CN3Cc4ccccc4C[C@@H]3C(N)=O)CC2)c1. The number of hydrogen-bond acceptors (Lipinski definition) is 4. The molecule has 0 spiro atoms. The van der Waals surface area contributed by atoms with Crippen LogP contribution in [-0.4, -0.2) is 65.3 Å². The summed E-state index contributed by atoms with van der Waals surface area (Å²) in [5.74, 6) is -0.281. The largest absolute Gasteiger partial charge is 0.368 e. The Hall–Kier alpha value is -2.70. The van der Waals surface area contributed by atoms with E-state index < -0.39 is 6.04 Å². The number of carbonyl (C=O) groups excluding carboxylic acids is 2. The molecule has 158 valence electrons. The summed E-state index contributed by atoms with van der Waals surface area (Å²) in [7, 11) is 0. The molecule has 2 amide bonds. The second-order valence-electron chi connectivity index (χ2n) is 8.44. The third-order valence-electron chi connectivity index (χ3n) is 6.23. The number of hydrogen-bond donors (Lipinski definition) is 1. The lowest BCUT2D eigenvalue weighted by Gasteiger charge is -2.38. The average Bonchev–Trinajstić information content (AvgIpc) is 2.73. The van der Waals surface area contributed by atoms with E-state index in [1.54, 1.807) is 0 Å². The number of carbonyl (C=O) groups is 2. The third-order valence-corrected chi connectivity index (χ3v) is 6.23. The summed E-state index contributed by atoms with van der Waals surface area (Å²) in [5, 5.41) is 0. The molecule has 2 aliphatic rings. The van der Waals surface area contributed by atoms with Gasteiger partial charge in [0.25, 0.3) is 0 Å².